The van der Waals surface area contributed by atoms with Gasteiger partial charge >= 0.3 is 0 Å². The van der Waals surface area contributed by atoms with Gasteiger partial charge in [-0.25, -0.2) is 17.2 Å². The molecule has 0 radical (unpaired) electrons. The van der Waals surface area contributed by atoms with Crippen molar-refractivity contribution in [2.45, 2.75) is 4.90 Å². The molecule has 0 aliphatic heterocycles. The van der Waals surface area contributed by atoms with E-state index in [1.165, 1.54) is 30.3 Å². The van der Waals surface area contributed by atoms with Gasteiger partial charge in [-0.15, -0.1) is 0 Å². The topological polar surface area (TPSA) is 74.6 Å². The van der Waals surface area contributed by atoms with Crippen LogP contribution in [0.25, 0.3) is 11.1 Å². The summed E-state index contributed by atoms with van der Waals surface area (Å²) >= 11 is 0. The molecule has 2 N–H and O–H groups in total. The van der Waals surface area contributed by atoms with Gasteiger partial charge in [-0.2, -0.15) is 0 Å². The lowest BCUT2D eigenvalue weighted by atomic mass is 9.95. The number of aliphatic hydroxyl groups excluding tert-OH is 2. The minimum absolute atomic E-state index is 0.113. The first kappa shape index (κ1) is 18.3. The normalized spacial score (nSPS) is 12.9. The summed E-state index contributed by atoms with van der Waals surface area (Å²) in [5, 5.41) is 19.2. The summed E-state index contributed by atoms with van der Waals surface area (Å²) in [5.41, 5.74) is 1.22. The van der Waals surface area contributed by atoms with Gasteiger partial charge in [0.05, 0.1) is 18.1 Å². The minimum atomic E-state index is -3.36. The van der Waals surface area contributed by atoms with E-state index in [2.05, 4.69) is 0 Å². The Bertz CT molecular complexity index is 872. The molecule has 2 aromatic carbocycles. The fourth-order valence-corrected chi connectivity index (χ4v) is 2.94. The molecule has 0 spiro atoms. The summed E-state index contributed by atoms with van der Waals surface area (Å²) in [7, 11) is -3.36. The molecule has 24 heavy (non-hydrogen) atoms. The Morgan fingerprint density at radius 1 is 0.875 bits per heavy atom. The zero-order valence-corrected chi connectivity index (χ0v) is 13.6. The quantitative estimate of drug-likeness (QED) is 0.808. The van der Waals surface area contributed by atoms with Crippen LogP contribution in [-0.2, 0) is 9.84 Å². The molecular weight excluding hydrogens is 338 g/mol. The number of rotatable bonds is 5. The van der Waals surface area contributed by atoms with E-state index in [1.54, 1.807) is 0 Å². The zero-order chi connectivity index (χ0) is 17.9. The summed E-state index contributed by atoms with van der Waals surface area (Å²) in [6.45, 7) is -0.970. The van der Waals surface area contributed by atoms with Crippen LogP contribution in [0, 0.1) is 11.6 Å². The molecular formula is C17H16F2O4S. The van der Waals surface area contributed by atoms with Crippen molar-refractivity contribution >= 4 is 21.0 Å². The van der Waals surface area contributed by atoms with Crippen molar-refractivity contribution < 1.29 is 27.4 Å². The van der Waals surface area contributed by atoms with Crippen molar-refractivity contribution in [3.05, 3.63) is 65.2 Å². The second-order valence-electron chi connectivity index (χ2n) is 5.20. The monoisotopic (exact) mass is 354 g/mol. The molecule has 0 saturated carbocycles. The van der Waals surface area contributed by atoms with Crippen LogP contribution in [0.15, 0.2) is 47.4 Å². The predicted molar refractivity (Wildman–Crippen MR) is 86.9 cm³/mol. The van der Waals surface area contributed by atoms with E-state index in [4.69, 9.17) is 0 Å². The molecule has 0 amide bonds. The highest BCUT2D eigenvalue weighted by atomic mass is 32.2. The maximum absolute atomic E-state index is 13.4. The number of hydrogen-bond acceptors (Lipinski definition) is 4. The third kappa shape index (κ3) is 3.87. The fourth-order valence-electron chi connectivity index (χ4n) is 2.31. The number of sulfone groups is 1. The lowest BCUT2D eigenvalue weighted by molar-refractivity contribution is 0.340. The van der Waals surface area contributed by atoms with Gasteiger partial charge in [-0.05, 0) is 46.5 Å². The third-order valence-corrected chi connectivity index (χ3v) is 4.71. The Balaban J connectivity index is 2.57. The van der Waals surface area contributed by atoms with Crippen LogP contribution in [0.1, 0.15) is 11.1 Å². The molecule has 2 rings (SSSR count). The minimum Gasteiger partial charge on any atom is -0.392 e. The van der Waals surface area contributed by atoms with E-state index in [-0.39, 0.29) is 16.0 Å². The molecule has 4 nitrogen and oxygen atoms in total. The fraction of sp³-hybridized carbons (Fsp3) is 0.176. The van der Waals surface area contributed by atoms with E-state index in [9.17, 15) is 27.4 Å². The average Bonchev–Trinajstić information content (AvgIpc) is 2.54. The van der Waals surface area contributed by atoms with Crippen LogP contribution in [-0.4, -0.2) is 38.1 Å². The maximum Gasteiger partial charge on any atom is 0.175 e. The highest BCUT2D eigenvalue weighted by Gasteiger charge is 2.14. The summed E-state index contributed by atoms with van der Waals surface area (Å²) in [6, 6.07) is 8.88. The van der Waals surface area contributed by atoms with Gasteiger partial charge in [0, 0.05) is 6.26 Å². The molecule has 0 bridgehead atoms. The van der Waals surface area contributed by atoms with Crippen LogP contribution in [0.4, 0.5) is 8.78 Å². The van der Waals surface area contributed by atoms with E-state index < -0.39 is 34.7 Å². The van der Waals surface area contributed by atoms with Crippen molar-refractivity contribution in [2.75, 3.05) is 19.5 Å². The highest BCUT2D eigenvalue weighted by molar-refractivity contribution is 7.90. The molecule has 2 aromatic rings. The largest absolute Gasteiger partial charge is 0.392 e. The van der Waals surface area contributed by atoms with Gasteiger partial charge < -0.3 is 10.2 Å². The maximum atomic E-state index is 13.4. The third-order valence-electron chi connectivity index (χ3n) is 3.58. The van der Waals surface area contributed by atoms with E-state index in [1.807, 2.05) is 0 Å². The lowest BCUT2D eigenvalue weighted by Crippen LogP contribution is -2.03. The van der Waals surface area contributed by atoms with Gasteiger partial charge in [0.25, 0.3) is 0 Å². The van der Waals surface area contributed by atoms with Crippen molar-refractivity contribution in [3.63, 3.8) is 0 Å². The molecule has 128 valence electrons. The van der Waals surface area contributed by atoms with Crippen LogP contribution >= 0.6 is 0 Å². The molecule has 0 fully saturated rings. The number of benzene rings is 2. The number of hydrogen-bond donors (Lipinski definition) is 2. The molecule has 0 heterocycles. The zero-order valence-electron chi connectivity index (χ0n) is 12.8. The van der Waals surface area contributed by atoms with Gasteiger partial charge in [-0.1, -0.05) is 18.2 Å². The first-order chi connectivity index (χ1) is 11.3. The summed E-state index contributed by atoms with van der Waals surface area (Å²) < 4.78 is 49.5. The Kier molecular flexibility index (Phi) is 5.48. The Labute approximate surface area is 138 Å². The van der Waals surface area contributed by atoms with Gasteiger partial charge in [-0.3, -0.25) is 0 Å². The van der Waals surface area contributed by atoms with Crippen molar-refractivity contribution in [1.29, 1.82) is 0 Å². The van der Waals surface area contributed by atoms with Crippen molar-refractivity contribution in [3.8, 4) is 0 Å². The Hall–Kier alpha value is -2.09. The molecule has 0 aliphatic carbocycles. The second-order valence-corrected chi connectivity index (χ2v) is 7.21. The van der Waals surface area contributed by atoms with Crippen LogP contribution < -0.4 is 0 Å². The summed E-state index contributed by atoms with van der Waals surface area (Å²) in [6.07, 6.45) is 1.07. The molecule has 0 aliphatic rings. The van der Waals surface area contributed by atoms with E-state index >= 15 is 0 Å². The standard InChI is InChI=1S/C17H16F2O4S/c1-24(22,23)13-5-2-11(3-6-13)14(9-20)15(10-21)12-4-7-16(18)17(19)8-12/h2-8,20-21H,9-10H2,1H3/b15-14-. The number of aliphatic hydroxyl groups is 2. The van der Waals surface area contributed by atoms with Crippen molar-refractivity contribution in [1.82, 2.24) is 0 Å². The molecule has 0 atom stereocenters. The SMILES string of the molecule is CS(=O)(=O)c1ccc(/C(CO)=C(/CO)c2ccc(F)c(F)c2)cc1. The van der Waals surface area contributed by atoms with Crippen LogP contribution in [0.5, 0.6) is 0 Å². The number of halogens is 2. The first-order valence-electron chi connectivity index (χ1n) is 6.97. The van der Waals surface area contributed by atoms with Gasteiger partial charge in [0.1, 0.15) is 0 Å². The second kappa shape index (κ2) is 7.21. The van der Waals surface area contributed by atoms with Crippen LogP contribution in [0.3, 0.4) is 0 Å². The summed E-state index contributed by atoms with van der Waals surface area (Å²) in [4.78, 5) is 0.113. The molecule has 0 unspecified atom stereocenters. The van der Waals surface area contributed by atoms with E-state index in [0.29, 0.717) is 11.1 Å². The van der Waals surface area contributed by atoms with Crippen molar-refractivity contribution in [2.24, 2.45) is 0 Å². The van der Waals surface area contributed by atoms with E-state index in [0.717, 1.165) is 18.4 Å². The lowest BCUT2D eigenvalue weighted by Gasteiger charge is -2.13. The molecule has 7 heteroatoms. The molecule has 0 saturated heterocycles. The van der Waals surface area contributed by atoms with Crippen LogP contribution in [0.2, 0.25) is 0 Å². The Morgan fingerprint density at radius 2 is 1.38 bits per heavy atom. The average molecular weight is 354 g/mol. The van der Waals surface area contributed by atoms with Gasteiger partial charge in [0.2, 0.25) is 0 Å². The highest BCUT2D eigenvalue weighted by Crippen LogP contribution is 2.27. The molecule has 0 aromatic heterocycles. The van der Waals surface area contributed by atoms with Gasteiger partial charge in [0.15, 0.2) is 21.5 Å². The first-order valence-corrected chi connectivity index (χ1v) is 8.86. The smallest absolute Gasteiger partial charge is 0.175 e. The predicted octanol–water partition coefficient (Wildman–Crippen LogP) is 2.26. The summed E-state index contributed by atoms with van der Waals surface area (Å²) in [5.74, 6) is -2.08. The Morgan fingerprint density at radius 3 is 1.83 bits per heavy atom.